The third kappa shape index (κ3) is 2.29. The number of rotatable bonds is 2. The zero-order valence-corrected chi connectivity index (χ0v) is 11.1. The van der Waals surface area contributed by atoms with Crippen molar-refractivity contribution >= 4 is 5.91 Å². The summed E-state index contributed by atoms with van der Waals surface area (Å²) in [6.45, 7) is 2.32. The first-order valence-corrected chi connectivity index (χ1v) is 6.60. The molecule has 20 heavy (non-hydrogen) atoms. The summed E-state index contributed by atoms with van der Waals surface area (Å²) < 4.78 is 12.9. The highest BCUT2D eigenvalue weighted by Crippen LogP contribution is 2.30. The molecule has 0 bridgehead atoms. The minimum atomic E-state index is -0.289. The van der Waals surface area contributed by atoms with Crippen LogP contribution >= 0.6 is 0 Å². The summed E-state index contributed by atoms with van der Waals surface area (Å²) in [6, 6.07) is 6.00. The summed E-state index contributed by atoms with van der Waals surface area (Å²) in [7, 11) is 0. The Hall–Kier alpha value is -2.24. The standard InChI is InChI=1S/C14H15FN4O/c1-9(20)19-8-2-3-12(19)14-16-13(17-18-14)10-4-6-11(15)7-5-10/h4-7,12H,2-3,8H2,1H3,(H,16,17,18)/t12-/m0/s1. The second-order valence-corrected chi connectivity index (χ2v) is 4.92. The van der Waals surface area contributed by atoms with E-state index < -0.39 is 0 Å². The van der Waals surface area contributed by atoms with Crippen molar-refractivity contribution in [2.24, 2.45) is 0 Å². The Kier molecular flexibility index (Phi) is 3.22. The van der Waals surface area contributed by atoms with E-state index in [2.05, 4.69) is 15.2 Å². The second kappa shape index (κ2) is 5.03. The molecule has 1 aromatic carbocycles. The Labute approximate surface area is 115 Å². The van der Waals surface area contributed by atoms with Gasteiger partial charge in [0.15, 0.2) is 5.82 Å². The highest BCUT2D eigenvalue weighted by molar-refractivity contribution is 5.74. The van der Waals surface area contributed by atoms with Crippen LogP contribution in [0.3, 0.4) is 0 Å². The fourth-order valence-electron chi connectivity index (χ4n) is 2.58. The molecule has 6 heteroatoms. The third-order valence-electron chi connectivity index (χ3n) is 3.58. The van der Waals surface area contributed by atoms with E-state index in [0.29, 0.717) is 11.6 Å². The van der Waals surface area contributed by atoms with Gasteiger partial charge in [-0.1, -0.05) is 0 Å². The summed E-state index contributed by atoms with van der Waals surface area (Å²) in [5.74, 6) is 0.975. The van der Waals surface area contributed by atoms with Crippen molar-refractivity contribution in [3.63, 3.8) is 0 Å². The van der Waals surface area contributed by atoms with Gasteiger partial charge < -0.3 is 4.90 Å². The Morgan fingerprint density at radius 3 is 2.85 bits per heavy atom. The van der Waals surface area contributed by atoms with Crippen molar-refractivity contribution in [3.05, 3.63) is 35.9 Å². The topological polar surface area (TPSA) is 61.9 Å². The highest BCUT2D eigenvalue weighted by atomic mass is 19.1. The van der Waals surface area contributed by atoms with E-state index in [0.717, 1.165) is 24.9 Å². The van der Waals surface area contributed by atoms with Crippen molar-refractivity contribution in [2.75, 3.05) is 6.54 Å². The lowest BCUT2D eigenvalue weighted by atomic mass is 10.2. The molecule has 3 rings (SSSR count). The molecular formula is C14H15FN4O. The molecule has 0 radical (unpaired) electrons. The highest BCUT2D eigenvalue weighted by Gasteiger charge is 2.30. The number of carbonyl (C=O) groups excluding carboxylic acids is 1. The van der Waals surface area contributed by atoms with Gasteiger partial charge in [-0.25, -0.2) is 9.37 Å². The fraction of sp³-hybridized carbons (Fsp3) is 0.357. The van der Waals surface area contributed by atoms with E-state index in [-0.39, 0.29) is 17.8 Å². The summed E-state index contributed by atoms with van der Waals surface area (Å²) >= 11 is 0. The van der Waals surface area contributed by atoms with E-state index in [4.69, 9.17) is 0 Å². The number of nitrogens with one attached hydrogen (secondary N) is 1. The van der Waals surface area contributed by atoms with Crippen molar-refractivity contribution in [1.29, 1.82) is 0 Å². The fourth-order valence-corrected chi connectivity index (χ4v) is 2.58. The molecule has 1 saturated heterocycles. The van der Waals surface area contributed by atoms with Gasteiger partial charge in [-0.3, -0.25) is 9.89 Å². The van der Waals surface area contributed by atoms with Crippen LogP contribution in [-0.2, 0) is 4.79 Å². The number of likely N-dealkylation sites (tertiary alicyclic amines) is 1. The maximum atomic E-state index is 12.9. The average molecular weight is 274 g/mol. The van der Waals surface area contributed by atoms with E-state index in [1.165, 1.54) is 12.1 Å². The van der Waals surface area contributed by atoms with E-state index in [1.54, 1.807) is 24.0 Å². The lowest BCUT2D eigenvalue weighted by molar-refractivity contribution is -0.129. The summed E-state index contributed by atoms with van der Waals surface area (Å²) in [4.78, 5) is 17.8. The van der Waals surface area contributed by atoms with Gasteiger partial charge in [0.1, 0.15) is 11.6 Å². The molecule has 5 nitrogen and oxygen atoms in total. The van der Waals surface area contributed by atoms with Crippen LogP contribution in [0.5, 0.6) is 0 Å². The number of hydrogen-bond donors (Lipinski definition) is 1. The van der Waals surface area contributed by atoms with E-state index in [1.807, 2.05) is 0 Å². The van der Waals surface area contributed by atoms with Crippen LogP contribution in [0, 0.1) is 5.82 Å². The van der Waals surface area contributed by atoms with E-state index in [9.17, 15) is 9.18 Å². The maximum absolute atomic E-state index is 12.9. The number of H-pyrrole nitrogens is 1. The van der Waals surface area contributed by atoms with Gasteiger partial charge in [-0.2, -0.15) is 5.10 Å². The molecule has 1 aliphatic rings. The number of amides is 1. The number of halogens is 1. The summed E-state index contributed by atoms with van der Waals surface area (Å²) in [5, 5.41) is 7.05. The molecule has 0 unspecified atom stereocenters. The Morgan fingerprint density at radius 2 is 2.15 bits per heavy atom. The Balaban J connectivity index is 1.86. The van der Waals surface area contributed by atoms with Crippen molar-refractivity contribution in [2.45, 2.75) is 25.8 Å². The van der Waals surface area contributed by atoms with Crippen LogP contribution in [0.25, 0.3) is 11.4 Å². The summed E-state index contributed by atoms with van der Waals surface area (Å²) in [6.07, 6.45) is 1.86. The first-order chi connectivity index (χ1) is 9.65. The third-order valence-corrected chi connectivity index (χ3v) is 3.58. The zero-order valence-electron chi connectivity index (χ0n) is 11.1. The first-order valence-electron chi connectivity index (χ1n) is 6.60. The van der Waals surface area contributed by atoms with Crippen molar-refractivity contribution < 1.29 is 9.18 Å². The number of benzene rings is 1. The minimum Gasteiger partial charge on any atom is -0.333 e. The normalized spacial score (nSPS) is 18.5. The maximum Gasteiger partial charge on any atom is 0.220 e. The number of aromatic amines is 1. The quantitative estimate of drug-likeness (QED) is 0.914. The molecule has 2 aromatic rings. The predicted molar refractivity (Wildman–Crippen MR) is 71.1 cm³/mol. The lowest BCUT2D eigenvalue weighted by Gasteiger charge is -2.20. The van der Waals surface area contributed by atoms with Crippen LogP contribution < -0.4 is 0 Å². The largest absolute Gasteiger partial charge is 0.333 e. The molecule has 0 aliphatic carbocycles. The zero-order chi connectivity index (χ0) is 14.1. The average Bonchev–Trinajstić information content (AvgIpc) is 3.08. The minimum absolute atomic E-state index is 0.0331. The van der Waals surface area contributed by atoms with Crippen molar-refractivity contribution in [3.8, 4) is 11.4 Å². The molecular weight excluding hydrogens is 259 g/mol. The van der Waals surface area contributed by atoms with Crippen LogP contribution in [0.15, 0.2) is 24.3 Å². The molecule has 1 atom stereocenters. The monoisotopic (exact) mass is 274 g/mol. The molecule has 1 N–H and O–H groups in total. The molecule has 1 aliphatic heterocycles. The van der Waals surface area contributed by atoms with Gasteiger partial charge in [-0.15, -0.1) is 0 Å². The van der Waals surface area contributed by atoms with Crippen LogP contribution in [0.4, 0.5) is 4.39 Å². The smallest absolute Gasteiger partial charge is 0.220 e. The number of hydrogen-bond acceptors (Lipinski definition) is 3. The molecule has 2 heterocycles. The molecule has 1 amide bonds. The molecule has 104 valence electrons. The van der Waals surface area contributed by atoms with E-state index >= 15 is 0 Å². The van der Waals surface area contributed by atoms with Gasteiger partial charge >= 0.3 is 0 Å². The van der Waals surface area contributed by atoms with Gasteiger partial charge in [-0.05, 0) is 37.1 Å². The second-order valence-electron chi connectivity index (χ2n) is 4.92. The molecule has 1 fully saturated rings. The van der Waals surface area contributed by atoms with Crippen molar-refractivity contribution in [1.82, 2.24) is 20.1 Å². The van der Waals surface area contributed by atoms with Gasteiger partial charge in [0.25, 0.3) is 0 Å². The number of aromatic nitrogens is 3. The first kappa shape index (κ1) is 12.8. The summed E-state index contributed by atoms with van der Waals surface area (Å²) in [5.41, 5.74) is 0.751. The number of carbonyl (C=O) groups is 1. The SMILES string of the molecule is CC(=O)N1CCC[C@H]1c1nc(-c2ccc(F)cc2)n[nH]1. The number of nitrogens with zero attached hydrogens (tertiary/aromatic N) is 3. The van der Waals surface area contributed by atoms with Crippen LogP contribution in [0.1, 0.15) is 31.6 Å². The Morgan fingerprint density at radius 1 is 1.40 bits per heavy atom. The molecule has 0 spiro atoms. The van der Waals surface area contributed by atoms with Gasteiger partial charge in [0, 0.05) is 19.0 Å². The van der Waals surface area contributed by atoms with Gasteiger partial charge in [0.2, 0.25) is 5.91 Å². The van der Waals surface area contributed by atoms with Gasteiger partial charge in [0.05, 0.1) is 6.04 Å². The predicted octanol–water partition coefficient (Wildman–Crippen LogP) is 2.29. The molecule has 1 aromatic heterocycles. The lowest BCUT2D eigenvalue weighted by Crippen LogP contribution is -2.28. The van der Waals surface area contributed by atoms with Crippen LogP contribution in [-0.4, -0.2) is 32.5 Å². The van der Waals surface area contributed by atoms with Crippen LogP contribution in [0.2, 0.25) is 0 Å². The molecule has 0 saturated carbocycles. The Bertz CT molecular complexity index is 622.